The van der Waals surface area contributed by atoms with Crippen LogP contribution in [0.3, 0.4) is 0 Å². The lowest BCUT2D eigenvalue weighted by molar-refractivity contribution is -0.137. The number of benzene rings is 1. The number of halogens is 2. The maximum Gasteiger partial charge on any atom is 0.267 e. The first kappa shape index (κ1) is 25.1. The fourth-order valence-corrected chi connectivity index (χ4v) is 4.07. The molecule has 2 aromatic rings. The van der Waals surface area contributed by atoms with Crippen molar-refractivity contribution in [2.75, 3.05) is 18.4 Å². The van der Waals surface area contributed by atoms with Gasteiger partial charge in [-0.25, -0.2) is 4.39 Å². The number of nitrogens with zero attached hydrogens (tertiary/aromatic N) is 2. The predicted molar refractivity (Wildman–Crippen MR) is 126 cm³/mol. The van der Waals surface area contributed by atoms with Gasteiger partial charge in [0.15, 0.2) is 0 Å². The monoisotopic (exact) mass is 488 g/mol. The lowest BCUT2D eigenvalue weighted by atomic mass is 10.1. The van der Waals surface area contributed by atoms with Crippen LogP contribution in [-0.4, -0.2) is 52.4 Å². The van der Waals surface area contributed by atoms with Crippen LogP contribution in [0, 0.1) is 18.2 Å². The molecule has 5 N–H and O–H groups in total. The summed E-state index contributed by atoms with van der Waals surface area (Å²) >= 11 is 5.84. The summed E-state index contributed by atoms with van der Waals surface area (Å²) in [7, 11) is 0. The van der Waals surface area contributed by atoms with Crippen LogP contribution < -0.4 is 16.4 Å². The molecular weight excluding hydrogens is 463 g/mol. The minimum Gasteiger partial charge on any atom is -0.374 e. The molecule has 1 fully saturated rings. The lowest BCUT2D eigenvalue weighted by Crippen LogP contribution is -2.48. The van der Waals surface area contributed by atoms with Crippen LogP contribution in [0.25, 0.3) is 0 Å². The molecule has 0 saturated carbocycles. The number of anilines is 1. The van der Waals surface area contributed by atoms with Crippen LogP contribution >= 0.6 is 11.6 Å². The van der Waals surface area contributed by atoms with Gasteiger partial charge in [0.25, 0.3) is 5.91 Å². The van der Waals surface area contributed by atoms with Gasteiger partial charge in [0, 0.05) is 23.4 Å². The molecule has 3 rings (SSSR count). The third-order valence-electron chi connectivity index (χ3n) is 5.67. The summed E-state index contributed by atoms with van der Waals surface area (Å²) in [5, 5.41) is 13.5. The maximum atomic E-state index is 14.3. The number of primary amides is 1. The van der Waals surface area contributed by atoms with E-state index < -0.39 is 29.5 Å². The van der Waals surface area contributed by atoms with Crippen LogP contribution in [0.1, 0.15) is 42.6 Å². The molecule has 2 heterocycles. The van der Waals surface area contributed by atoms with Crippen LogP contribution in [0.4, 0.5) is 10.1 Å². The summed E-state index contributed by atoms with van der Waals surface area (Å²) in [5.74, 6) is -2.21. The predicted octanol–water partition coefficient (Wildman–Crippen LogP) is 2.32. The maximum absolute atomic E-state index is 14.3. The summed E-state index contributed by atoms with van der Waals surface area (Å²) in [6, 6.07) is 4.78. The SMILES string of the molecule is Cc1cc(C(=N)C(N)=O)c(NCC(=O)N2CCC[C@H]2C(=O)N[C@H](C)c2cccc(Cl)c2F)cn1. The standard InChI is InChI=1S/C23H26ClFN6O3/c1-12-9-15(21(26)22(27)33)17(10-28-12)29-11-19(32)31-8-4-7-18(31)23(34)30-13(2)14-5-3-6-16(24)20(14)25/h3,5-6,9-10,13,18,26,29H,4,7-8,11H2,1-2H3,(H2,27,33)(H,30,34)/t13-,18+/m1/s1. The van der Waals surface area contributed by atoms with Crippen LogP contribution in [0.5, 0.6) is 0 Å². The Hall–Kier alpha value is -3.53. The van der Waals surface area contributed by atoms with Crippen molar-refractivity contribution in [1.29, 1.82) is 5.41 Å². The molecule has 0 bridgehead atoms. The third kappa shape index (κ3) is 5.51. The van der Waals surface area contributed by atoms with E-state index in [1.54, 1.807) is 26.0 Å². The number of pyridine rings is 1. The van der Waals surface area contributed by atoms with Crippen molar-refractivity contribution in [2.45, 2.75) is 38.8 Å². The van der Waals surface area contributed by atoms with Crippen LogP contribution in [0.2, 0.25) is 5.02 Å². The molecule has 1 aliphatic rings. The Balaban J connectivity index is 1.67. The Morgan fingerprint density at radius 1 is 1.38 bits per heavy atom. The number of hydrogen-bond acceptors (Lipinski definition) is 6. The molecule has 1 aromatic heterocycles. The molecule has 1 aliphatic heterocycles. The average molecular weight is 489 g/mol. The summed E-state index contributed by atoms with van der Waals surface area (Å²) in [5.41, 5.74) is 6.22. The van der Waals surface area contributed by atoms with Crippen molar-refractivity contribution in [1.82, 2.24) is 15.2 Å². The Morgan fingerprint density at radius 3 is 2.82 bits per heavy atom. The Bertz CT molecular complexity index is 1140. The second-order valence-corrected chi connectivity index (χ2v) is 8.49. The van der Waals surface area contributed by atoms with E-state index in [9.17, 15) is 18.8 Å². The van der Waals surface area contributed by atoms with Gasteiger partial charge in [0.1, 0.15) is 17.6 Å². The molecule has 2 atom stereocenters. The Morgan fingerprint density at radius 2 is 2.12 bits per heavy atom. The van der Waals surface area contributed by atoms with Crippen molar-refractivity contribution in [3.05, 3.63) is 58.1 Å². The highest BCUT2D eigenvalue weighted by atomic mass is 35.5. The highest BCUT2D eigenvalue weighted by Gasteiger charge is 2.34. The van der Waals surface area contributed by atoms with Crippen molar-refractivity contribution in [2.24, 2.45) is 5.73 Å². The zero-order valence-electron chi connectivity index (χ0n) is 18.8. The van der Waals surface area contributed by atoms with Crippen molar-refractivity contribution < 1.29 is 18.8 Å². The summed E-state index contributed by atoms with van der Waals surface area (Å²) < 4.78 is 14.3. The van der Waals surface area contributed by atoms with E-state index in [4.69, 9.17) is 22.7 Å². The first-order valence-electron chi connectivity index (χ1n) is 10.7. The molecular formula is C23H26ClFN6O3. The number of nitrogens with two attached hydrogens (primary N) is 1. The third-order valence-corrected chi connectivity index (χ3v) is 5.96. The van der Waals surface area contributed by atoms with Crippen LogP contribution in [-0.2, 0) is 14.4 Å². The number of hydrogen-bond donors (Lipinski definition) is 4. The zero-order chi connectivity index (χ0) is 25.0. The first-order valence-corrected chi connectivity index (χ1v) is 11.1. The molecule has 11 heteroatoms. The molecule has 0 aliphatic carbocycles. The van der Waals surface area contributed by atoms with Crippen LogP contribution in [0.15, 0.2) is 30.5 Å². The van der Waals surface area contributed by atoms with E-state index in [1.165, 1.54) is 23.2 Å². The lowest BCUT2D eigenvalue weighted by Gasteiger charge is -2.26. The van der Waals surface area contributed by atoms with Gasteiger partial charge in [0.2, 0.25) is 11.8 Å². The quantitative estimate of drug-likeness (QED) is 0.422. The van der Waals surface area contributed by atoms with E-state index in [2.05, 4.69) is 15.6 Å². The number of carbonyl (C=O) groups excluding carboxylic acids is 3. The molecule has 0 radical (unpaired) electrons. The van der Waals surface area contributed by atoms with Gasteiger partial charge in [-0.15, -0.1) is 0 Å². The van der Waals surface area contributed by atoms with Gasteiger partial charge in [-0.2, -0.15) is 0 Å². The number of aryl methyl sites for hydroxylation is 1. The topological polar surface area (TPSA) is 141 Å². The zero-order valence-corrected chi connectivity index (χ0v) is 19.6. The largest absolute Gasteiger partial charge is 0.374 e. The van der Waals surface area contributed by atoms with Gasteiger partial charge < -0.3 is 21.3 Å². The minimum atomic E-state index is -0.901. The van der Waals surface area contributed by atoms with E-state index in [-0.39, 0.29) is 34.5 Å². The molecule has 34 heavy (non-hydrogen) atoms. The summed E-state index contributed by atoms with van der Waals surface area (Å²) in [6.45, 7) is 3.58. The number of aromatic nitrogens is 1. The smallest absolute Gasteiger partial charge is 0.267 e. The molecule has 180 valence electrons. The van der Waals surface area contributed by atoms with E-state index in [0.29, 0.717) is 30.8 Å². The number of nitrogens with one attached hydrogen (secondary N) is 3. The second-order valence-electron chi connectivity index (χ2n) is 8.08. The number of carbonyl (C=O) groups is 3. The first-order chi connectivity index (χ1) is 16.1. The highest BCUT2D eigenvalue weighted by molar-refractivity contribution is 6.44. The summed E-state index contributed by atoms with van der Waals surface area (Å²) in [6.07, 6.45) is 2.55. The molecule has 0 spiro atoms. The summed E-state index contributed by atoms with van der Waals surface area (Å²) in [4.78, 5) is 42.9. The molecule has 3 amide bonds. The minimum absolute atomic E-state index is 0.0308. The van der Waals surface area contributed by atoms with Gasteiger partial charge in [-0.1, -0.05) is 23.7 Å². The molecule has 0 unspecified atom stereocenters. The van der Waals surface area contributed by atoms with E-state index in [0.717, 1.165) is 0 Å². The number of rotatable bonds is 8. The average Bonchev–Trinajstić information content (AvgIpc) is 3.29. The van der Waals surface area contributed by atoms with Crippen molar-refractivity contribution in [3.63, 3.8) is 0 Å². The van der Waals surface area contributed by atoms with Crippen molar-refractivity contribution >= 4 is 40.7 Å². The fourth-order valence-electron chi connectivity index (χ4n) is 3.89. The van der Waals surface area contributed by atoms with Crippen molar-refractivity contribution in [3.8, 4) is 0 Å². The fraction of sp³-hybridized carbons (Fsp3) is 0.348. The Kier molecular flexibility index (Phi) is 7.83. The van der Waals surface area contributed by atoms with Gasteiger partial charge in [-0.3, -0.25) is 24.8 Å². The van der Waals surface area contributed by atoms with Gasteiger partial charge in [0.05, 0.1) is 29.5 Å². The Labute approximate surface area is 201 Å². The van der Waals surface area contributed by atoms with E-state index in [1.807, 2.05) is 0 Å². The number of likely N-dealkylation sites (tertiary alicyclic amines) is 1. The second kappa shape index (κ2) is 10.6. The molecule has 1 aromatic carbocycles. The number of amides is 3. The van der Waals surface area contributed by atoms with Gasteiger partial charge >= 0.3 is 0 Å². The van der Waals surface area contributed by atoms with Gasteiger partial charge in [-0.05, 0) is 38.8 Å². The molecule has 1 saturated heterocycles. The normalized spacial score (nSPS) is 16.1. The molecule has 9 nitrogen and oxygen atoms in total. The van der Waals surface area contributed by atoms with E-state index >= 15 is 0 Å². The highest BCUT2D eigenvalue weighted by Crippen LogP contribution is 2.25.